The molecule has 1 aliphatic rings. The van der Waals surface area contributed by atoms with E-state index < -0.39 is 0 Å². The zero-order valence-corrected chi connectivity index (χ0v) is 12.4. The van der Waals surface area contributed by atoms with E-state index in [1.54, 1.807) is 28.5 Å². The van der Waals surface area contributed by atoms with Crippen LogP contribution in [0.1, 0.15) is 24.5 Å². The third kappa shape index (κ3) is 2.08. The molecule has 0 N–H and O–H groups in total. The minimum absolute atomic E-state index is 0.0780. The zero-order chi connectivity index (χ0) is 14.1. The first-order chi connectivity index (χ1) is 9.72. The number of aromatic nitrogens is 2. The maximum Gasteiger partial charge on any atom is 0.254 e. The Bertz CT molecular complexity index is 728. The van der Waals surface area contributed by atoms with Crippen LogP contribution in [-0.2, 0) is 13.5 Å². The van der Waals surface area contributed by atoms with Crippen LogP contribution in [0.3, 0.4) is 0 Å². The summed E-state index contributed by atoms with van der Waals surface area (Å²) in [7, 11) is 1.79. The van der Waals surface area contributed by atoms with Gasteiger partial charge in [-0.2, -0.15) is 0 Å². The van der Waals surface area contributed by atoms with E-state index in [1.165, 1.54) is 0 Å². The summed E-state index contributed by atoms with van der Waals surface area (Å²) < 4.78 is 7.34. The second kappa shape index (κ2) is 5.25. The molecule has 0 radical (unpaired) electrons. The van der Waals surface area contributed by atoms with Gasteiger partial charge < -0.3 is 9.30 Å². The first kappa shape index (κ1) is 13.1. The first-order valence-corrected chi connectivity index (χ1v) is 7.56. The fraction of sp³-hybridized carbons (Fsp3) is 0.333. The van der Waals surface area contributed by atoms with Crippen molar-refractivity contribution >= 4 is 17.4 Å². The molecule has 104 valence electrons. The molecule has 0 amide bonds. The van der Waals surface area contributed by atoms with Gasteiger partial charge in [0.05, 0.1) is 12.1 Å². The molecule has 20 heavy (non-hydrogen) atoms. The normalized spacial score (nSPS) is 12.7. The van der Waals surface area contributed by atoms with Crippen LogP contribution in [0.2, 0.25) is 0 Å². The Morgan fingerprint density at radius 2 is 2.35 bits per heavy atom. The zero-order valence-electron chi connectivity index (χ0n) is 11.5. The summed E-state index contributed by atoms with van der Waals surface area (Å²) >= 11 is 1.55. The second-order valence-electron chi connectivity index (χ2n) is 4.79. The van der Waals surface area contributed by atoms with Gasteiger partial charge in [-0.3, -0.25) is 4.79 Å². The van der Waals surface area contributed by atoms with E-state index in [9.17, 15) is 4.79 Å². The predicted octanol–water partition coefficient (Wildman–Crippen LogP) is 2.87. The van der Waals surface area contributed by atoms with Gasteiger partial charge in [0, 0.05) is 24.4 Å². The highest BCUT2D eigenvalue weighted by molar-refractivity contribution is 7.13. The average molecular weight is 288 g/mol. The fourth-order valence-electron chi connectivity index (χ4n) is 2.39. The van der Waals surface area contributed by atoms with Crippen LogP contribution in [0, 0.1) is 0 Å². The van der Waals surface area contributed by atoms with Crippen LogP contribution in [0.25, 0.3) is 16.5 Å². The van der Waals surface area contributed by atoms with Crippen molar-refractivity contribution in [2.45, 2.75) is 19.8 Å². The van der Waals surface area contributed by atoms with E-state index >= 15 is 0 Å². The maximum absolute atomic E-state index is 12.1. The van der Waals surface area contributed by atoms with Crippen LogP contribution in [0.4, 0.5) is 0 Å². The number of pyridine rings is 1. The summed E-state index contributed by atoms with van der Waals surface area (Å²) in [6, 6.07) is 0. The number of allylic oxidation sites excluding steroid dienone is 1. The van der Waals surface area contributed by atoms with Crippen LogP contribution in [0.5, 0.6) is 5.88 Å². The van der Waals surface area contributed by atoms with E-state index in [4.69, 9.17) is 4.74 Å². The minimum Gasteiger partial charge on any atom is -0.477 e. The van der Waals surface area contributed by atoms with Crippen LogP contribution >= 0.6 is 11.3 Å². The van der Waals surface area contributed by atoms with E-state index in [-0.39, 0.29) is 5.56 Å². The van der Waals surface area contributed by atoms with Crippen molar-refractivity contribution in [1.82, 2.24) is 9.55 Å². The minimum atomic E-state index is 0.0780. The van der Waals surface area contributed by atoms with Crippen molar-refractivity contribution in [2.75, 3.05) is 6.61 Å². The Labute approximate surface area is 121 Å². The van der Waals surface area contributed by atoms with Gasteiger partial charge in [-0.15, -0.1) is 11.3 Å². The van der Waals surface area contributed by atoms with Crippen molar-refractivity contribution in [2.24, 2.45) is 7.05 Å². The van der Waals surface area contributed by atoms with Crippen molar-refractivity contribution in [1.29, 1.82) is 0 Å². The largest absolute Gasteiger partial charge is 0.477 e. The Kier molecular flexibility index (Phi) is 3.44. The summed E-state index contributed by atoms with van der Waals surface area (Å²) in [5.74, 6) is 0.665. The molecule has 0 spiro atoms. The van der Waals surface area contributed by atoms with Gasteiger partial charge in [0.15, 0.2) is 0 Å². The molecule has 1 aliphatic carbocycles. The van der Waals surface area contributed by atoms with Gasteiger partial charge >= 0.3 is 0 Å². The fourth-order valence-corrected chi connectivity index (χ4v) is 3.15. The molecular weight excluding hydrogens is 272 g/mol. The molecule has 2 aromatic rings. The molecule has 0 saturated heterocycles. The van der Waals surface area contributed by atoms with Crippen LogP contribution in [-0.4, -0.2) is 16.2 Å². The Morgan fingerprint density at radius 3 is 3.15 bits per heavy atom. The lowest BCUT2D eigenvalue weighted by molar-refractivity contribution is 0.308. The second-order valence-corrected chi connectivity index (χ2v) is 5.65. The number of rotatable bonds is 4. The highest BCUT2D eigenvalue weighted by Gasteiger charge is 2.20. The van der Waals surface area contributed by atoms with Gasteiger partial charge in [-0.05, 0) is 18.4 Å². The van der Waals surface area contributed by atoms with Gasteiger partial charge in [0.1, 0.15) is 4.88 Å². The smallest absolute Gasteiger partial charge is 0.254 e. The molecular formula is C15H16N2O2S. The van der Waals surface area contributed by atoms with Gasteiger partial charge in [0.2, 0.25) is 5.88 Å². The highest BCUT2D eigenvalue weighted by atomic mass is 32.1. The molecule has 2 aromatic heterocycles. The standard InChI is InChI=1S/C15H16N2O2S/c1-3-7-19-14-13(20-9-16-14)12-8-17(2)15(18)11-6-4-5-10(11)12/h4-5,8-9H,3,6-7H2,1-2H3. The highest BCUT2D eigenvalue weighted by Crippen LogP contribution is 2.37. The van der Waals surface area contributed by atoms with Gasteiger partial charge in [-0.25, -0.2) is 4.98 Å². The quantitative estimate of drug-likeness (QED) is 0.869. The summed E-state index contributed by atoms with van der Waals surface area (Å²) in [5, 5.41) is 0. The molecule has 0 saturated carbocycles. The lowest BCUT2D eigenvalue weighted by atomic mass is 10.1. The molecule has 0 fully saturated rings. The first-order valence-electron chi connectivity index (χ1n) is 6.68. The molecule has 0 bridgehead atoms. The molecule has 0 aromatic carbocycles. The van der Waals surface area contributed by atoms with Gasteiger partial charge in [0.25, 0.3) is 5.56 Å². The third-order valence-corrected chi connectivity index (χ3v) is 4.19. The Balaban J connectivity index is 2.14. The van der Waals surface area contributed by atoms with E-state index in [2.05, 4.69) is 11.9 Å². The molecule has 3 rings (SSSR count). The van der Waals surface area contributed by atoms with Gasteiger partial charge in [-0.1, -0.05) is 19.1 Å². The third-order valence-electron chi connectivity index (χ3n) is 3.35. The summed E-state index contributed by atoms with van der Waals surface area (Å²) in [6.07, 6.45) is 7.59. The van der Waals surface area contributed by atoms with Crippen LogP contribution < -0.4 is 10.3 Å². The summed E-state index contributed by atoms with van der Waals surface area (Å²) in [5.41, 5.74) is 4.77. The number of hydrogen-bond donors (Lipinski definition) is 0. The number of ether oxygens (including phenoxy) is 1. The lowest BCUT2D eigenvalue weighted by Gasteiger charge is -2.10. The van der Waals surface area contributed by atoms with Crippen molar-refractivity contribution in [3.05, 3.63) is 39.3 Å². The number of fused-ring (bicyclic) bond motifs is 1. The summed E-state index contributed by atoms with van der Waals surface area (Å²) in [4.78, 5) is 17.4. The SMILES string of the molecule is CCCOc1ncsc1-c1cn(C)c(=O)c2c1C=CC2. The number of aryl methyl sites for hydroxylation is 1. The topological polar surface area (TPSA) is 44.1 Å². The Hall–Kier alpha value is -1.88. The van der Waals surface area contributed by atoms with E-state index in [1.807, 2.05) is 18.3 Å². The molecule has 0 aliphatic heterocycles. The number of thiazole rings is 1. The summed E-state index contributed by atoms with van der Waals surface area (Å²) in [6.45, 7) is 2.72. The maximum atomic E-state index is 12.1. The van der Waals surface area contributed by atoms with Crippen LogP contribution in [0.15, 0.2) is 22.6 Å². The molecule has 2 heterocycles. The molecule has 0 unspecified atom stereocenters. The Morgan fingerprint density at radius 1 is 1.50 bits per heavy atom. The van der Waals surface area contributed by atoms with Crippen molar-refractivity contribution in [3.8, 4) is 16.3 Å². The van der Waals surface area contributed by atoms with E-state index in [0.717, 1.165) is 28.0 Å². The molecule has 0 atom stereocenters. The number of hydrogen-bond acceptors (Lipinski definition) is 4. The van der Waals surface area contributed by atoms with Crippen molar-refractivity contribution in [3.63, 3.8) is 0 Å². The predicted molar refractivity (Wildman–Crippen MR) is 81.3 cm³/mol. The number of nitrogens with zero attached hydrogens (tertiary/aromatic N) is 2. The van der Waals surface area contributed by atoms with E-state index in [0.29, 0.717) is 18.9 Å². The van der Waals surface area contributed by atoms with Crippen molar-refractivity contribution < 1.29 is 4.74 Å². The average Bonchev–Trinajstić information content (AvgIpc) is 3.09. The lowest BCUT2D eigenvalue weighted by Crippen LogP contribution is -2.21. The monoisotopic (exact) mass is 288 g/mol. The molecule has 4 nitrogen and oxygen atoms in total. The molecule has 5 heteroatoms.